The van der Waals surface area contributed by atoms with Gasteiger partial charge in [0.05, 0.1) is 7.11 Å². The number of nitrogens with zero attached hydrogens (tertiary/aromatic N) is 2. The van der Waals surface area contributed by atoms with E-state index in [0.29, 0.717) is 18.3 Å². The molecule has 4 nitrogen and oxygen atoms in total. The van der Waals surface area contributed by atoms with Crippen LogP contribution in [0.25, 0.3) is 10.6 Å². The van der Waals surface area contributed by atoms with Gasteiger partial charge in [0.25, 0.3) is 5.91 Å². The van der Waals surface area contributed by atoms with E-state index in [1.54, 1.807) is 7.11 Å². The van der Waals surface area contributed by atoms with Crippen molar-refractivity contribution in [3.63, 3.8) is 0 Å². The van der Waals surface area contributed by atoms with E-state index in [2.05, 4.69) is 4.98 Å². The number of hydrogen-bond donors (Lipinski definition) is 0. The number of ether oxygens (including phenoxy) is 1. The summed E-state index contributed by atoms with van der Waals surface area (Å²) >= 11 is 1.52. The second-order valence-electron chi connectivity index (χ2n) is 6.42. The molecule has 1 aromatic heterocycles. The summed E-state index contributed by atoms with van der Waals surface area (Å²) in [5, 5.41) is 2.75. The molecule has 0 saturated heterocycles. The Morgan fingerprint density at radius 3 is 2.54 bits per heavy atom. The number of carbonyl (C=O) groups excluding carboxylic acids is 1. The fraction of sp³-hybridized carbons (Fsp3) is 0.238. The molecule has 0 aliphatic heterocycles. The maximum atomic E-state index is 13.0. The standard InChI is InChI=1S/C21H20N2O2S/c1-25-18-11-7-15(8-12-18)13-23(17-9-10-17)21(24)19-14-26-20(22-19)16-5-3-2-4-6-16/h2-8,11-12,14,17H,9-10,13H2,1H3. The average molecular weight is 364 g/mol. The summed E-state index contributed by atoms with van der Waals surface area (Å²) in [6.45, 7) is 0.603. The van der Waals surface area contributed by atoms with Gasteiger partial charge in [-0.05, 0) is 30.5 Å². The monoisotopic (exact) mass is 364 g/mol. The van der Waals surface area contributed by atoms with E-state index in [9.17, 15) is 4.79 Å². The van der Waals surface area contributed by atoms with Gasteiger partial charge >= 0.3 is 0 Å². The molecule has 1 heterocycles. The first-order chi connectivity index (χ1) is 12.7. The summed E-state index contributed by atoms with van der Waals surface area (Å²) in [5.41, 5.74) is 2.68. The van der Waals surface area contributed by atoms with Crippen LogP contribution in [0.2, 0.25) is 0 Å². The van der Waals surface area contributed by atoms with Crippen LogP contribution >= 0.6 is 11.3 Å². The Morgan fingerprint density at radius 2 is 1.88 bits per heavy atom. The van der Waals surface area contributed by atoms with E-state index in [0.717, 1.165) is 34.7 Å². The molecule has 1 amide bonds. The molecule has 5 heteroatoms. The van der Waals surface area contributed by atoms with E-state index in [1.807, 2.05) is 64.9 Å². The first kappa shape index (κ1) is 16.8. The zero-order valence-corrected chi connectivity index (χ0v) is 15.4. The fourth-order valence-electron chi connectivity index (χ4n) is 2.91. The summed E-state index contributed by atoms with van der Waals surface area (Å²) in [7, 11) is 1.65. The number of amides is 1. The first-order valence-electron chi connectivity index (χ1n) is 8.69. The van der Waals surface area contributed by atoms with Crippen molar-refractivity contribution in [2.75, 3.05) is 7.11 Å². The zero-order valence-electron chi connectivity index (χ0n) is 14.6. The third-order valence-electron chi connectivity index (χ3n) is 4.50. The van der Waals surface area contributed by atoms with Gasteiger partial charge in [-0.1, -0.05) is 42.5 Å². The van der Waals surface area contributed by atoms with E-state index in [-0.39, 0.29) is 5.91 Å². The van der Waals surface area contributed by atoms with Gasteiger partial charge in [-0.15, -0.1) is 11.3 Å². The van der Waals surface area contributed by atoms with Gasteiger partial charge in [0, 0.05) is 23.5 Å². The number of methoxy groups -OCH3 is 1. The second kappa shape index (κ2) is 7.30. The van der Waals surface area contributed by atoms with Crippen molar-refractivity contribution in [1.82, 2.24) is 9.88 Å². The molecule has 1 aliphatic rings. The Hall–Kier alpha value is -2.66. The average Bonchev–Trinajstić information content (AvgIpc) is 3.42. The number of hydrogen-bond acceptors (Lipinski definition) is 4. The summed E-state index contributed by atoms with van der Waals surface area (Å²) in [6, 6.07) is 18.2. The van der Waals surface area contributed by atoms with Gasteiger partial charge in [0.2, 0.25) is 0 Å². The predicted molar refractivity (Wildman–Crippen MR) is 103 cm³/mol. The highest BCUT2D eigenvalue weighted by Crippen LogP contribution is 2.31. The molecule has 26 heavy (non-hydrogen) atoms. The van der Waals surface area contributed by atoms with Crippen molar-refractivity contribution < 1.29 is 9.53 Å². The molecule has 0 spiro atoms. The number of thiazole rings is 1. The largest absolute Gasteiger partial charge is 0.497 e. The first-order valence-corrected chi connectivity index (χ1v) is 9.57. The molecule has 0 bridgehead atoms. The number of aromatic nitrogens is 1. The van der Waals surface area contributed by atoms with Crippen LogP contribution in [0.5, 0.6) is 5.75 Å². The van der Waals surface area contributed by atoms with Crippen molar-refractivity contribution in [1.29, 1.82) is 0 Å². The Labute approximate surface area is 157 Å². The molecule has 0 radical (unpaired) electrons. The van der Waals surface area contributed by atoms with Crippen LogP contribution < -0.4 is 4.74 Å². The van der Waals surface area contributed by atoms with Crippen LogP contribution in [0.4, 0.5) is 0 Å². The van der Waals surface area contributed by atoms with Crippen LogP contribution in [0.15, 0.2) is 60.0 Å². The highest BCUT2D eigenvalue weighted by molar-refractivity contribution is 7.13. The van der Waals surface area contributed by atoms with Gasteiger partial charge in [-0.2, -0.15) is 0 Å². The topological polar surface area (TPSA) is 42.4 Å². The normalized spacial score (nSPS) is 13.4. The lowest BCUT2D eigenvalue weighted by atomic mass is 10.2. The van der Waals surface area contributed by atoms with Gasteiger partial charge < -0.3 is 9.64 Å². The minimum absolute atomic E-state index is 0.0155. The van der Waals surface area contributed by atoms with Crippen molar-refractivity contribution in [2.24, 2.45) is 0 Å². The van der Waals surface area contributed by atoms with Gasteiger partial charge in [-0.3, -0.25) is 4.79 Å². The molecule has 2 aromatic carbocycles. The molecule has 1 saturated carbocycles. The maximum absolute atomic E-state index is 13.0. The smallest absolute Gasteiger partial charge is 0.273 e. The van der Waals surface area contributed by atoms with Crippen LogP contribution in [0, 0.1) is 0 Å². The van der Waals surface area contributed by atoms with Crippen LogP contribution in [0.1, 0.15) is 28.9 Å². The second-order valence-corrected chi connectivity index (χ2v) is 7.27. The van der Waals surface area contributed by atoms with Gasteiger partial charge in [0.1, 0.15) is 16.5 Å². The summed E-state index contributed by atoms with van der Waals surface area (Å²) in [5.74, 6) is 0.840. The molecule has 3 aromatic rings. The Bertz CT molecular complexity index is 886. The van der Waals surface area contributed by atoms with E-state index in [1.165, 1.54) is 11.3 Å². The molecule has 1 fully saturated rings. The van der Waals surface area contributed by atoms with Crippen LogP contribution in [-0.2, 0) is 6.54 Å². The summed E-state index contributed by atoms with van der Waals surface area (Å²) in [4.78, 5) is 19.6. The maximum Gasteiger partial charge on any atom is 0.273 e. The van der Waals surface area contributed by atoms with Gasteiger partial charge in [-0.25, -0.2) is 4.98 Å². The number of benzene rings is 2. The lowest BCUT2D eigenvalue weighted by Crippen LogP contribution is -2.32. The highest BCUT2D eigenvalue weighted by Gasteiger charge is 2.34. The lowest BCUT2D eigenvalue weighted by molar-refractivity contribution is 0.0725. The highest BCUT2D eigenvalue weighted by atomic mass is 32.1. The predicted octanol–water partition coefficient (Wildman–Crippen LogP) is 4.62. The zero-order chi connectivity index (χ0) is 17.9. The van der Waals surface area contributed by atoms with Crippen molar-refractivity contribution in [2.45, 2.75) is 25.4 Å². The quantitative estimate of drug-likeness (QED) is 0.641. The minimum Gasteiger partial charge on any atom is -0.497 e. The van der Waals surface area contributed by atoms with Crippen molar-refractivity contribution >= 4 is 17.2 Å². The summed E-state index contributed by atoms with van der Waals surface area (Å²) < 4.78 is 5.21. The molecule has 0 N–H and O–H groups in total. The van der Waals surface area contributed by atoms with Crippen molar-refractivity contribution in [3.05, 3.63) is 71.2 Å². The van der Waals surface area contributed by atoms with Gasteiger partial charge in [0.15, 0.2) is 0 Å². The van der Waals surface area contributed by atoms with E-state index in [4.69, 9.17) is 4.74 Å². The van der Waals surface area contributed by atoms with E-state index < -0.39 is 0 Å². The third kappa shape index (κ3) is 3.63. The molecule has 4 rings (SSSR count). The molecular formula is C21H20N2O2S. The lowest BCUT2D eigenvalue weighted by Gasteiger charge is -2.21. The third-order valence-corrected chi connectivity index (χ3v) is 5.40. The Balaban J connectivity index is 1.53. The minimum atomic E-state index is 0.0155. The SMILES string of the molecule is COc1ccc(CN(C(=O)c2csc(-c3ccccc3)n2)C2CC2)cc1. The fourth-order valence-corrected chi connectivity index (χ4v) is 3.71. The molecule has 132 valence electrons. The Morgan fingerprint density at radius 1 is 1.15 bits per heavy atom. The number of carbonyl (C=O) groups is 1. The van der Waals surface area contributed by atoms with Crippen LogP contribution in [0.3, 0.4) is 0 Å². The Kier molecular flexibility index (Phi) is 4.71. The molecule has 1 aliphatic carbocycles. The molecular weight excluding hydrogens is 344 g/mol. The van der Waals surface area contributed by atoms with Crippen LogP contribution in [-0.4, -0.2) is 28.9 Å². The van der Waals surface area contributed by atoms with Crippen molar-refractivity contribution in [3.8, 4) is 16.3 Å². The molecule has 0 atom stereocenters. The summed E-state index contributed by atoms with van der Waals surface area (Å²) in [6.07, 6.45) is 2.13. The molecule has 0 unspecified atom stereocenters. The number of rotatable bonds is 6. The van der Waals surface area contributed by atoms with E-state index >= 15 is 0 Å².